The van der Waals surface area contributed by atoms with Gasteiger partial charge in [-0.05, 0) is 41.6 Å². The van der Waals surface area contributed by atoms with E-state index in [9.17, 15) is 0 Å². The number of nitrogens with zero attached hydrogens (tertiary/aromatic N) is 2. The second-order valence-corrected chi connectivity index (χ2v) is 5.00. The molecule has 1 N–H and O–H groups in total. The lowest BCUT2D eigenvalue weighted by atomic mass is 10.2. The third kappa shape index (κ3) is 2.68. The van der Waals surface area contributed by atoms with Crippen LogP contribution in [0.3, 0.4) is 0 Å². The van der Waals surface area contributed by atoms with E-state index in [0.717, 1.165) is 22.0 Å². The molecule has 15 heavy (non-hydrogen) atoms. The molecule has 4 heteroatoms. The summed E-state index contributed by atoms with van der Waals surface area (Å²) in [5.41, 5.74) is 0. The molecular formula is C11H16BrN3. The van der Waals surface area contributed by atoms with Crippen LogP contribution in [0.2, 0.25) is 0 Å². The molecule has 1 aromatic heterocycles. The molecule has 0 radical (unpaired) electrons. The van der Waals surface area contributed by atoms with E-state index in [4.69, 9.17) is 0 Å². The summed E-state index contributed by atoms with van der Waals surface area (Å²) in [5, 5.41) is 3.46. The van der Waals surface area contributed by atoms with Crippen LogP contribution in [0.15, 0.2) is 10.7 Å². The molecule has 0 bridgehead atoms. The summed E-state index contributed by atoms with van der Waals surface area (Å²) in [6, 6.07) is 0.621. The van der Waals surface area contributed by atoms with Crippen LogP contribution in [0.25, 0.3) is 0 Å². The minimum absolute atomic E-state index is 0.621. The zero-order chi connectivity index (χ0) is 10.8. The van der Waals surface area contributed by atoms with Gasteiger partial charge in [-0.3, -0.25) is 0 Å². The van der Waals surface area contributed by atoms with Crippen molar-refractivity contribution in [1.82, 2.24) is 9.97 Å². The predicted molar refractivity (Wildman–Crippen MR) is 64.9 cm³/mol. The first-order chi connectivity index (χ1) is 7.20. The summed E-state index contributed by atoms with van der Waals surface area (Å²) in [4.78, 5) is 8.50. The van der Waals surface area contributed by atoms with Gasteiger partial charge in [0, 0.05) is 12.2 Å². The van der Waals surface area contributed by atoms with E-state index in [-0.39, 0.29) is 0 Å². The Kier molecular flexibility index (Phi) is 3.24. The van der Waals surface area contributed by atoms with E-state index in [1.165, 1.54) is 19.3 Å². The molecule has 2 rings (SSSR count). The zero-order valence-electron chi connectivity index (χ0n) is 9.13. The van der Waals surface area contributed by atoms with Crippen LogP contribution in [0.4, 0.5) is 5.82 Å². The second kappa shape index (κ2) is 4.47. The minimum Gasteiger partial charge on any atom is -0.366 e. The molecule has 2 unspecified atom stereocenters. The fourth-order valence-corrected chi connectivity index (χ4v) is 2.15. The Balaban J connectivity index is 1.97. The van der Waals surface area contributed by atoms with E-state index in [1.54, 1.807) is 0 Å². The molecule has 3 nitrogen and oxygen atoms in total. The van der Waals surface area contributed by atoms with Gasteiger partial charge in [-0.2, -0.15) is 0 Å². The molecule has 1 fully saturated rings. The smallest absolute Gasteiger partial charge is 0.144 e. The van der Waals surface area contributed by atoms with E-state index >= 15 is 0 Å². The number of hydrogen-bond donors (Lipinski definition) is 1. The van der Waals surface area contributed by atoms with Gasteiger partial charge in [0.15, 0.2) is 0 Å². The first kappa shape index (κ1) is 10.9. The minimum atomic E-state index is 0.621. The third-order valence-electron chi connectivity index (χ3n) is 2.77. The first-order valence-electron chi connectivity index (χ1n) is 5.46. The van der Waals surface area contributed by atoms with E-state index in [2.05, 4.69) is 38.1 Å². The van der Waals surface area contributed by atoms with Gasteiger partial charge in [-0.25, -0.2) is 9.97 Å². The molecule has 1 aliphatic carbocycles. The number of halogens is 1. The van der Waals surface area contributed by atoms with Crippen molar-refractivity contribution < 1.29 is 0 Å². The first-order valence-corrected chi connectivity index (χ1v) is 6.25. The molecule has 1 saturated carbocycles. The maximum atomic E-state index is 4.38. The van der Waals surface area contributed by atoms with Gasteiger partial charge < -0.3 is 5.32 Å². The highest BCUT2D eigenvalue weighted by molar-refractivity contribution is 9.10. The lowest BCUT2D eigenvalue weighted by Crippen LogP contribution is -2.08. The van der Waals surface area contributed by atoms with Crippen LogP contribution in [0.1, 0.15) is 32.0 Å². The highest BCUT2D eigenvalue weighted by Crippen LogP contribution is 2.37. The number of aromatic nitrogens is 2. The summed E-state index contributed by atoms with van der Waals surface area (Å²) >= 11 is 3.46. The molecule has 1 aliphatic rings. The van der Waals surface area contributed by atoms with E-state index in [1.807, 2.05) is 13.1 Å². The maximum Gasteiger partial charge on any atom is 0.144 e. The highest BCUT2D eigenvalue weighted by atomic mass is 79.9. The van der Waals surface area contributed by atoms with Crippen LogP contribution in [-0.2, 0) is 0 Å². The molecule has 2 atom stereocenters. The largest absolute Gasteiger partial charge is 0.366 e. The Morgan fingerprint density at radius 2 is 2.40 bits per heavy atom. The van der Waals surface area contributed by atoms with Gasteiger partial charge in [0.1, 0.15) is 11.6 Å². The molecule has 0 amide bonds. The Labute approximate surface area is 98.8 Å². The quantitative estimate of drug-likeness (QED) is 0.913. The topological polar surface area (TPSA) is 37.8 Å². The lowest BCUT2D eigenvalue weighted by molar-refractivity contribution is 0.692. The van der Waals surface area contributed by atoms with Gasteiger partial charge in [0.05, 0.1) is 4.47 Å². The Morgan fingerprint density at radius 1 is 1.60 bits per heavy atom. The maximum absolute atomic E-state index is 4.38. The average Bonchev–Trinajstić information content (AvgIpc) is 2.91. The van der Waals surface area contributed by atoms with Crippen molar-refractivity contribution in [2.45, 2.75) is 39.2 Å². The normalized spacial score (nSPS) is 23.9. The lowest BCUT2D eigenvalue weighted by Gasteiger charge is -2.07. The van der Waals surface area contributed by atoms with Gasteiger partial charge in [0.25, 0.3) is 0 Å². The molecule has 82 valence electrons. The summed E-state index contributed by atoms with van der Waals surface area (Å²) in [7, 11) is 0. The third-order valence-corrected chi connectivity index (χ3v) is 3.35. The van der Waals surface area contributed by atoms with Crippen molar-refractivity contribution in [2.24, 2.45) is 5.92 Å². The number of hydrogen-bond acceptors (Lipinski definition) is 3. The number of aryl methyl sites for hydroxylation is 1. The van der Waals surface area contributed by atoms with Gasteiger partial charge in [0.2, 0.25) is 0 Å². The Hall–Kier alpha value is -0.640. The van der Waals surface area contributed by atoms with Crippen molar-refractivity contribution in [1.29, 1.82) is 0 Å². The molecule has 0 spiro atoms. The molecule has 1 heterocycles. The molecule has 0 saturated heterocycles. The SMILES string of the molecule is CCCC1CC1Nc1nc(C)ncc1Br. The van der Waals surface area contributed by atoms with E-state index < -0.39 is 0 Å². The van der Waals surface area contributed by atoms with Crippen LogP contribution in [0, 0.1) is 12.8 Å². The fourth-order valence-electron chi connectivity index (χ4n) is 1.85. The molecule has 0 aliphatic heterocycles. The van der Waals surface area contributed by atoms with Crippen LogP contribution < -0.4 is 5.32 Å². The van der Waals surface area contributed by atoms with Crippen LogP contribution in [-0.4, -0.2) is 16.0 Å². The predicted octanol–water partition coefficient (Wildman–Crippen LogP) is 3.15. The molecular weight excluding hydrogens is 254 g/mol. The van der Waals surface area contributed by atoms with Crippen molar-refractivity contribution in [3.63, 3.8) is 0 Å². The number of rotatable bonds is 4. The number of nitrogens with one attached hydrogen (secondary N) is 1. The van der Waals surface area contributed by atoms with Gasteiger partial charge in [-0.15, -0.1) is 0 Å². The van der Waals surface area contributed by atoms with Gasteiger partial charge >= 0.3 is 0 Å². The van der Waals surface area contributed by atoms with Crippen molar-refractivity contribution in [3.8, 4) is 0 Å². The monoisotopic (exact) mass is 269 g/mol. The van der Waals surface area contributed by atoms with Crippen molar-refractivity contribution in [2.75, 3.05) is 5.32 Å². The van der Waals surface area contributed by atoms with Crippen LogP contribution >= 0.6 is 15.9 Å². The second-order valence-electron chi connectivity index (χ2n) is 4.15. The molecule has 1 aromatic rings. The number of anilines is 1. The van der Waals surface area contributed by atoms with Crippen LogP contribution in [0.5, 0.6) is 0 Å². The summed E-state index contributed by atoms with van der Waals surface area (Å²) in [6.45, 7) is 4.15. The zero-order valence-corrected chi connectivity index (χ0v) is 10.7. The standard InChI is InChI=1S/C11H16BrN3/c1-3-4-8-5-10(8)15-11-9(12)6-13-7(2)14-11/h6,8,10H,3-5H2,1-2H3,(H,13,14,15). The average molecular weight is 270 g/mol. The Morgan fingerprint density at radius 3 is 3.13 bits per heavy atom. The van der Waals surface area contributed by atoms with Gasteiger partial charge in [-0.1, -0.05) is 13.3 Å². The summed E-state index contributed by atoms with van der Waals surface area (Å²) in [6.07, 6.45) is 5.68. The molecule has 0 aromatic carbocycles. The highest BCUT2D eigenvalue weighted by Gasteiger charge is 2.36. The summed E-state index contributed by atoms with van der Waals surface area (Å²) in [5.74, 6) is 2.59. The van der Waals surface area contributed by atoms with E-state index in [0.29, 0.717) is 6.04 Å². The van der Waals surface area contributed by atoms with Crippen molar-refractivity contribution in [3.05, 3.63) is 16.5 Å². The van der Waals surface area contributed by atoms with Crippen molar-refractivity contribution >= 4 is 21.7 Å². The Bertz CT molecular complexity index is 354. The fraction of sp³-hybridized carbons (Fsp3) is 0.636. The summed E-state index contributed by atoms with van der Waals surface area (Å²) < 4.78 is 0.954.